The minimum Gasteiger partial charge on any atom is -0.438 e. The van der Waals surface area contributed by atoms with Crippen LogP contribution in [-0.2, 0) is 19.6 Å². The lowest BCUT2D eigenvalue weighted by Crippen LogP contribution is -2.34. The second-order valence-corrected chi connectivity index (χ2v) is 6.10. The molecule has 0 radical (unpaired) electrons. The number of hydrogen-bond donors (Lipinski definition) is 1. The highest BCUT2D eigenvalue weighted by molar-refractivity contribution is 8.12. The monoisotopic (exact) mass is 277 g/mol. The van der Waals surface area contributed by atoms with Crippen molar-refractivity contribution in [3.05, 3.63) is 35.9 Å². The standard InChI is InChI=1S/C10H12ClNO4S/c1-10(2,8-6-4-3-5-7-8)16-9(13)12-17(11,14)15/h3-7H,1-2H3,(H,12,13). The Morgan fingerprint density at radius 2 is 1.82 bits per heavy atom. The molecule has 0 atom stereocenters. The predicted molar refractivity (Wildman–Crippen MR) is 63.9 cm³/mol. The Kier molecular flexibility index (Phi) is 4.00. The van der Waals surface area contributed by atoms with Gasteiger partial charge in [0.2, 0.25) is 0 Å². The summed E-state index contributed by atoms with van der Waals surface area (Å²) in [5, 5.41) is 0. The Morgan fingerprint density at radius 1 is 1.29 bits per heavy atom. The first-order chi connectivity index (χ1) is 7.71. The summed E-state index contributed by atoms with van der Waals surface area (Å²) in [5.41, 5.74) is -0.213. The molecule has 1 rings (SSSR count). The molecule has 1 aromatic carbocycles. The van der Waals surface area contributed by atoms with Crippen LogP contribution < -0.4 is 4.72 Å². The van der Waals surface area contributed by atoms with Crippen LogP contribution in [0.25, 0.3) is 0 Å². The van der Waals surface area contributed by atoms with Gasteiger partial charge in [0.15, 0.2) is 0 Å². The third-order valence-electron chi connectivity index (χ3n) is 2.02. The molecular formula is C10H12ClNO4S. The predicted octanol–water partition coefficient (Wildman–Crippen LogP) is 2.13. The van der Waals surface area contributed by atoms with Crippen molar-refractivity contribution in [1.82, 2.24) is 4.72 Å². The van der Waals surface area contributed by atoms with Crippen LogP contribution in [0.5, 0.6) is 0 Å². The van der Waals surface area contributed by atoms with E-state index in [0.29, 0.717) is 0 Å². The normalized spacial score (nSPS) is 11.9. The highest BCUT2D eigenvalue weighted by atomic mass is 35.7. The fourth-order valence-electron chi connectivity index (χ4n) is 1.25. The first kappa shape index (κ1) is 13.8. The number of carbonyl (C=O) groups excluding carboxylic acids is 1. The maximum atomic E-state index is 11.3. The van der Waals surface area contributed by atoms with Gasteiger partial charge in [-0.1, -0.05) is 30.3 Å². The van der Waals surface area contributed by atoms with Crippen LogP contribution in [0.4, 0.5) is 4.79 Å². The second kappa shape index (κ2) is 4.93. The Bertz CT molecular complexity index is 498. The van der Waals surface area contributed by atoms with Gasteiger partial charge in [-0.2, -0.15) is 8.42 Å². The molecule has 94 valence electrons. The average molecular weight is 278 g/mol. The van der Waals surface area contributed by atoms with E-state index < -0.39 is 20.9 Å². The highest BCUT2D eigenvalue weighted by Gasteiger charge is 2.26. The van der Waals surface area contributed by atoms with Gasteiger partial charge < -0.3 is 4.74 Å². The Morgan fingerprint density at radius 3 is 2.29 bits per heavy atom. The molecule has 0 aliphatic rings. The molecule has 0 spiro atoms. The van der Waals surface area contributed by atoms with Gasteiger partial charge in [0.25, 0.3) is 0 Å². The van der Waals surface area contributed by atoms with Gasteiger partial charge in [0, 0.05) is 10.7 Å². The van der Waals surface area contributed by atoms with E-state index in [-0.39, 0.29) is 0 Å². The Hall–Kier alpha value is -1.27. The van der Waals surface area contributed by atoms with Crippen molar-refractivity contribution in [1.29, 1.82) is 0 Å². The zero-order chi connectivity index (χ0) is 13.1. The Labute approximate surface area is 104 Å². The molecule has 0 saturated heterocycles. The van der Waals surface area contributed by atoms with Crippen LogP contribution in [-0.4, -0.2) is 14.5 Å². The zero-order valence-electron chi connectivity index (χ0n) is 9.31. The van der Waals surface area contributed by atoms with Crippen molar-refractivity contribution in [3.63, 3.8) is 0 Å². The van der Waals surface area contributed by atoms with E-state index in [0.717, 1.165) is 5.56 Å². The molecule has 1 aromatic rings. The van der Waals surface area contributed by atoms with Gasteiger partial charge >= 0.3 is 15.3 Å². The number of amides is 1. The number of ether oxygens (including phenoxy) is 1. The van der Waals surface area contributed by atoms with Crippen LogP contribution in [0.15, 0.2) is 30.3 Å². The molecule has 0 aliphatic heterocycles. The summed E-state index contributed by atoms with van der Waals surface area (Å²) < 4.78 is 27.7. The summed E-state index contributed by atoms with van der Waals surface area (Å²) in [4.78, 5) is 11.3. The third kappa shape index (κ3) is 4.62. The number of nitrogens with one attached hydrogen (secondary N) is 1. The maximum Gasteiger partial charge on any atom is 0.422 e. The molecule has 1 amide bonds. The van der Waals surface area contributed by atoms with E-state index >= 15 is 0 Å². The van der Waals surface area contributed by atoms with Crippen molar-refractivity contribution >= 4 is 26.0 Å². The smallest absolute Gasteiger partial charge is 0.422 e. The fourth-order valence-corrected chi connectivity index (χ4v) is 1.68. The minimum absolute atomic E-state index is 0.738. The zero-order valence-corrected chi connectivity index (χ0v) is 10.9. The summed E-state index contributed by atoms with van der Waals surface area (Å²) in [7, 11) is 0.733. The molecule has 0 saturated carbocycles. The lowest BCUT2D eigenvalue weighted by Gasteiger charge is -2.25. The topological polar surface area (TPSA) is 72.5 Å². The maximum absolute atomic E-state index is 11.3. The minimum atomic E-state index is -4.13. The fraction of sp³-hybridized carbons (Fsp3) is 0.300. The molecular weight excluding hydrogens is 266 g/mol. The van der Waals surface area contributed by atoms with E-state index in [1.54, 1.807) is 38.1 Å². The lowest BCUT2D eigenvalue weighted by molar-refractivity contribution is 0.0405. The van der Waals surface area contributed by atoms with Crippen LogP contribution >= 0.6 is 10.7 Å². The van der Waals surface area contributed by atoms with E-state index in [4.69, 9.17) is 15.4 Å². The second-order valence-electron chi connectivity index (χ2n) is 3.81. The average Bonchev–Trinajstić information content (AvgIpc) is 2.15. The summed E-state index contributed by atoms with van der Waals surface area (Å²) in [6, 6.07) is 8.93. The third-order valence-corrected chi connectivity index (χ3v) is 2.66. The molecule has 0 aliphatic carbocycles. The number of hydrogen-bond acceptors (Lipinski definition) is 4. The van der Waals surface area contributed by atoms with E-state index in [1.165, 1.54) is 4.72 Å². The van der Waals surface area contributed by atoms with Gasteiger partial charge in [0.1, 0.15) is 5.60 Å². The molecule has 0 aromatic heterocycles. The van der Waals surface area contributed by atoms with Gasteiger partial charge in [-0.15, -0.1) is 0 Å². The van der Waals surface area contributed by atoms with E-state index in [2.05, 4.69) is 0 Å². The number of carbonyl (C=O) groups is 1. The van der Waals surface area contributed by atoms with Crippen molar-refractivity contribution in [2.75, 3.05) is 0 Å². The molecule has 0 unspecified atom stereocenters. The van der Waals surface area contributed by atoms with Gasteiger partial charge in [-0.05, 0) is 19.4 Å². The summed E-state index contributed by atoms with van der Waals surface area (Å²) in [5.74, 6) is 0. The first-order valence-electron chi connectivity index (χ1n) is 4.71. The molecule has 5 nitrogen and oxygen atoms in total. The molecule has 0 heterocycles. The molecule has 1 N–H and O–H groups in total. The van der Waals surface area contributed by atoms with Gasteiger partial charge in [-0.25, -0.2) is 9.52 Å². The van der Waals surface area contributed by atoms with Crippen LogP contribution in [0, 0.1) is 0 Å². The highest BCUT2D eigenvalue weighted by Crippen LogP contribution is 2.24. The summed E-state index contributed by atoms with van der Waals surface area (Å²) in [6.07, 6.45) is -1.12. The van der Waals surface area contributed by atoms with Crippen molar-refractivity contribution < 1.29 is 17.9 Å². The molecule has 7 heteroatoms. The number of benzene rings is 1. The van der Waals surface area contributed by atoms with E-state index in [1.807, 2.05) is 6.07 Å². The molecule has 17 heavy (non-hydrogen) atoms. The molecule has 0 fully saturated rings. The quantitative estimate of drug-likeness (QED) is 0.859. The molecule has 0 bridgehead atoms. The van der Waals surface area contributed by atoms with Gasteiger partial charge in [0.05, 0.1) is 0 Å². The first-order valence-corrected chi connectivity index (χ1v) is 7.02. The van der Waals surface area contributed by atoms with Crippen molar-refractivity contribution in [3.8, 4) is 0 Å². The van der Waals surface area contributed by atoms with Crippen molar-refractivity contribution in [2.45, 2.75) is 19.4 Å². The van der Waals surface area contributed by atoms with Crippen LogP contribution in [0.2, 0.25) is 0 Å². The van der Waals surface area contributed by atoms with Gasteiger partial charge in [-0.3, -0.25) is 0 Å². The van der Waals surface area contributed by atoms with Crippen molar-refractivity contribution in [2.24, 2.45) is 0 Å². The lowest BCUT2D eigenvalue weighted by atomic mass is 9.98. The largest absolute Gasteiger partial charge is 0.438 e. The number of rotatable bonds is 3. The van der Waals surface area contributed by atoms with Crippen LogP contribution in [0.3, 0.4) is 0 Å². The van der Waals surface area contributed by atoms with Crippen LogP contribution in [0.1, 0.15) is 19.4 Å². The Balaban J connectivity index is 2.77. The summed E-state index contributed by atoms with van der Waals surface area (Å²) in [6.45, 7) is 3.28. The number of halogens is 1. The SMILES string of the molecule is CC(C)(OC(=O)NS(=O)(=O)Cl)c1ccccc1. The summed E-state index contributed by atoms with van der Waals surface area (Å²) >= 11 is 0. The van der Waals surface area contributed by atoms with E-state index in [9.17, 15) is 13.2 Å².